The van der Waals surface area contributed by atoms with Crippen LogP contribution in [-0.2, 0) is 0 Å². The maximum absolute atomic E-state index is 5.20. The molecule has 0 aliphatic carbocycles. The summed E-state index contributed by atoms with van der Waals surface area (Å²) < 4.78 is 5.20. The molecule has 0 aliphatic heterocycles. The number of nitrogens with zero attached hydrogens (tertiary/aromatic N) is 1. The third-order valence-corrected chi connectivity index (χ3v) is 2.71. The zero-order valence-corrected chi connectivity index (χ0v) is 10.1. The van der Waals surface area contributed by atoms with Gasteiger partial charge in [-0.3, -0.25) is 0 Å². The molecule has 1 aromatic carbocycles. The normalized spacial score (nSPS) is 12.1. The molecular weight excluding hydrogens is 214 g/mol. The summed E-state index contributed by atoms with van der Waals surface area (Å²) in [5.41, 5.74) is 2.14. The van der Waals surface area contributed by atoms with Gasteiger partial charge in [0, 0.05) is 11.8 Å². The van der Waals surface area contributed by atoms with E-state index in [1.54, 1.807) is 13.4 Å². The molecular formula is C13H17N3O. The molecule has 2 N–H and O–H groups in total. The first kappa shape index (κ1) is 11.5. The number of imidazole rings is 1. The zero-order valence-electron chi connectivity index (χ0n) is 10.1. The smallest absolute Gasteiger partial charge is 0.120 e. The van der Waals surface area contributed by atoms with Crippen LogP contribution in [0.1, 0.15) is 25.1 Å². The number of hydrogen-bond acceptors (Lipinski definition) is 3. The second-order valence-corrected chi connectivity index (χ2v) is 3.84. The number of H-pyrrole nitrogens is 1. The fraction of sp³-hybridized carbons (Fsp3) is 0.308. The van der Waals surface area contributed by atoms with E-state index in [0.29, 0.717) is 0 Å². The van der Waals surface area contributed by atoms with Crippen molar-refractivity contribution < 1.29 is 4.74 Å². The van der Waals surface area contributed by atoms with E-state index in [1.165, 1.54) is 0 Å². The predicted octanol–water partition coefficient (Wildman–Crippen LogP) is 2.98. The lowest BCUT2D eigenvalue weighted by atomic mass is 10.1. The molecule has 1 heterocycles. The van der Waals surface area contributed by atoms with Gasteiger partial charge < -0.3 is 15.0 Å². The SMILES string of the molecule is CCC(Nc1cccc(OC)c1)c1cnc[nH]1. The quantitative estimate of drug-likeness (QED) is 0.831. The number of aromatic nitrogens is 2. The minimum absolute atomic E-state index is 0.240. The van der Waals surface area contributed by atoms with Gasteiger partial charge >= 0.3 is 0 Å². The first-order chi connectivity index (χ1) is 8.33. The van der Waals surface area contributed by atoms with Gasteiger partial charge in [0.25, 0.3) is 0 Å². The van der Waals surface area contributed by atoms with Gasteiger partial charge in [-0.1, -0.05) is 13.0 Å². The zero-order chi connectivity index (χ0) is 12.1. The molecule has 90 valence electrons. The number of hydrogen-bond donors (Lipinski definition) is 2. The van der Waals surface area contributed by atoms with Crippen LogP contribution in [-0.4, -0.2) is 17.1 Å². The van der Waals surface area contributed by atoms with E-state index >= 15 is 0 Å². The standard InChI is InChI=1S/C13H17N3O/c1-3-12(13-8-14-9-15-13)16-10-5-4-6-11(7-10)17-2/h4-9,12,16H,3H2,1-2H3,(H,14,15). The highest BCUT2D eigenvalue weighted by molar-refractivity contribution is 5.49. The fourth-order valence-corrected chi connectivity index (χ4v) is 1.77. The Bertz CT molecular complexity index is 453. The van der Waals surface area contributed by atoms with Crippen LogP contribution in [0.5, 0.6) is 5.75 Å². The van der Waals surface area contributed by atoms with E-state index in [0.717, 1.165) is 23.6 Å². The van der Waals surface area contributed by atoms with Crippen LogP contribution in [0.4, 0.5) is 5.69 Å². The average molecular weight is 231 g/mol. The molecule has 2 aromatic rings. The number of anilines is 1. The third-order valence-electron chi connectivity index (χ3n) is 2.71. The molecule has 2 rings (SSSR count). The summed E-state index contributed by atoms with van der Waals surface area (Å²) in [7, 11) is 1.67. The average Bonchev–Trinajstić information content (AvgIpc) is 2.90. The minimum atomic E-state index is 0.240. The van der Waals surface area contributed by atoms with Crippen LogP contribution in [0, 0.1) is 0 Å². The first-order valence-corrected chi connectivity index (χ1v) is 5.72. The van der Waals surface area contributed by atoms with Crippen LogP contribution >= 0.6 is 0 Å². The summed E-state index contributed by atoms with van der Waals surface area (Å²) in [6, 6.07) is 8.16. The van der Waals surface area contributed by atoms with E-state index in [9.17, 15) is 0 Å². The van der Waals surface area contributed by atoms with Crippen LogP contribution < -0.4 is 10.1 Å². The van der Waals surface area contributed by atoms with Crippen molar-refractivity contribution in [3.8, 4) is 5.75 Å². The van der Waals surface area contributed by atoms with E-state index in [1.807, 2.05) is 30.5 Å². The Balaban J connectivity index is 2.13. The molecule has 0 saturated heterocycles. The lowest BCUT2D eigenvalue weighted by Gasteiger charge is -2.17. The van der Waals surface area contributed by atoms with Crippen LogP contribution in [0.2, 0.25) is 0 Å². The van der Waals surface area contributed by atoms with Crippen molar-refractivity contribution in [3.05, 3.63) is 42.5 Å². The second kappa shape index (κ2) is 5.39. The van der Waals surface area contributed by atoms with Crippen molar-refractivity contribution in [3.63, 3.8) is 0 Å². The molecule has 0 saturated carbocycles. The van der Waals surface area contributed by atoms with Crippen molar-refractivity contribution in [2.45, 2.75) is 19.4 Å². The van der Waals surface area contributed by atoms with Crippen LogP contribution in [0.3, 0.4) is 0 Å². The molecule has 1 unspecified atom stereocenters. The van der Waals surface area contributed by atoms with Gasteiger partial charge in [0.1, 0.15) is 5.75 Å². The number of methoxy groups -OCH3 is 1. The predicted molar refractivity (Wildman–Crippen MR) is 68.2 cm³/mol. The van der Waals surface area contributed by atoms with Gasteiger partial charge in [-0.25, -0.2) is 4.98 Å². The van der Waals surface area contributed by atoms with Gasteiger partial charge in [-0.05, 0) is 18.6 Å². The molecule has 0 aliphatic rings. The molecule has 0 fully saturated rings. The van der Waals surface area contributed by atoms with E-state index in [4.69, 9.17) is 4.74 Å². The summed E-state index contributed by atoms with van der Waals surface area (Å²) in [5.74, 6) is 0.856. The summed E-state index contributed by atoms with van der Waals surface area (Å²) in [6.45, 7) is 2.14. The molecule has 4 heteroatoms. The maximum atomic E-state index is 5.20. The number of aromatic amines is 1. The van der Waals surface area contributed by atoms with E-state index in [-0.39, 0.29) is 6.04 Å². The fourth-order valence-electron chi connectivity index (χ4n) is 1.77. The number of benzene rings is 1. The number of nitrogens with one attached hydrogen (secondary N) is 2. The summed E-state index contributed by atoms with van der Waals surface area (Å²) >= 11 is 0. The Morgan fingerprint density at radius 2 is 2.35 bits per heavy atom. The highest BCUT2D eigenvalue weighted by Gasteiger charge is 2.10. The Labute approximate surface area is 101 Å². The summed E-state index contributed by atoms with van der Waals surface area (Å²) in [5, 5.41) is 3.45. The van der Waals surface area contributed by atoms with Crippen LogP contribution in [0.25, 0.3) is 0 Å². The summed E-state index contributed by atoms with van der Waals surface area (Å²) in [4.78, 5) is 7.18. The molecule has 0 bridgehead atoms. The number of rotatable bonds is 5. The minimum Gasteiger partial charge on any atom is -0.497 e. The molecule has 0 radical (unpaired) electrons. The highest BCUT2D eigenvalue weighted by atomic mass is 16.5. The Kier molecular flexibility index (Phi) is 3.65. The van der Waals surface area contributed by atoms with Gasteiger partial charge in [0.15, 0.2) is 0 Å². The molecule has 4 nitrogen and oxygen atoms in total. The Morgan fingerprint density at radius 3 is 3.00 bits per heavy atom. The Morgan fingerprint density at radius 1 is 1.47 bits per heavy atom. The van der Waals surface area contributed by atoms with Crippen molar-refractivity contribution >= 4 is 5.69 Å². The van der Waals surface area contributed by atoms with E-state index in [2.05, 4.69) is 22.2 Å². The molecule has 0 amide bonds. The van der Waals surface area contributed by atoms with Gasteiger partial charge in [0.05, 0.1) is 31.4 Å². The van der Waals surface area contributed by atoms with Gasteiger partial charge in [0.2, 0.25) is 0 Å². The Hall–Kier alpha value is -1.97. The second-order valence-electron chi connectivity index (χ2n) is 3.84. The highest BCUT2D eigenvalue weighted by Crippen LogP contribution is 2.23. The van der Waals surface area contributed by atoms with Crippen molar-refractivity contribution in [2.75, 3.05) is 12.4 Å². The van der Waals surface area contributed by atoms with E-state index < -0.39 is 0 Å². The van der Waals surface area contributed by atoms with Crippen molar-refractivity contribution in [1.29, 1.82) is 0 Å². The lowest BCUT2D eigenvalue weighted by Crippen LogP contribution is -2.09. The van der Waals surface area contributed by atoms with Crippen molar-refractivity contribution in [1.82, 2.24) is 9.97 Å². The number of ether oxygens (including phenoxy) is 1. The molecule has 0 spiro atoms. The summed E-state index contributed by atoms with van der Waals surface area (Å²) in [6.07, 6.45) is 4.53. The third kappa shape index (κ3) is 2.78. The van der Waals surface area contributed by atoms with Gasteiger partial charge in [-0.2, -0.15) is 0 Å². The van der Waals surface area contributed by atoms with Crippen LogP contribution in [0.15, 0.2) is 36.8 Å². The maximum Gasteiger partial charge on any atom is 0.120 e. The molecule has 1 aromatic heterocycles. The lowest BCUT2D eigenvalue weighted by molar-refractivity contribution is 0.415. The monoisotopic (exact) mass is 231 g/mol. The largest absolute Gasteiger partial charge is 0.497 e. The molecule has 1 atom stereocenters. The first-order valence-electron chi connectivity index (χ1n) is 5.72. The topological polar surface area (TPSA) is 49.9 Å². The molecule has 17 heavy (non-hydrogen) atoms. The van der Waals surface area contributed by atoms with Crippen molar-refractivity contribution in [2.24, 2.45) is 0 Å². The van der Waals surface area contributed by atoms with Gasteiger partial charge in [-0.15, -0.1) is 0 Å².